The molecule has 0 aliphatic carbocycles. The zero-order chi connectivity index (χ0) is 15.1. The van der Waals surface area contributed by atoms with E-state index in [1.807, 2.05) is 0 Å². The van der Waals surface area contributed by atoms with E-state index in [0.717, 1.165) is 6.20 Å². The number of halogens is 4. The Hall–Kier alpha value is -2.19. The second-order valence-corrected chi connectivity index (χ2v) is 4.18. The van der Waals surface area contributed by atoms with Crippen molar-refractivity contribution in [2.24, 2.45) is 7.05 Å². The number of hydrogen-bond acceptors (Lipinski definition) is 3. The van der Waals surface area contributed by atoms with Crippen LogP contribution in [0.5, 0.6) is 0 Å². The fourth-order valence-electron chi connectivity index (χ4n) is 1.69. The predicted molar refractivity (Wildman–Crippen MR) is 62.8 cm³/mol. The second-order valence-electron chi connectivity index (χ2n) is 4.18. The normalized spacial score (nSPS) is 12.2. The van der Waals surface area contributed by atoms with Gasteiger partial charge in [-0.25, -0.2) is 13.8 Å². The second kappa shape index (κ2) is 4.73. The van der Waals surface area contributed by atoms with Crippen LogP contribution in [0.2, 0.25) is 0 Å². The average Bonchev–Trinajstić information content (AvgIpc) is 2.64. The highest BCUT2D eigenvalue weighted by molar-refractivity contribution is 5.97. The van der Waals surface area contributed by atoms with Crippen LogP contribution in [0.1, 0.15) is 5.69 Å². The lowest BCUT2D eigenvalue weighted by molar-refractivity contribution is -0.163. The quantitative estimate of drug-likeness (QED) is 0.881. The van der Waals surface area contributed by atoms with Crippen molar-refractivity contribution in [1.29, 1.82) is 0 Å². The fraction of sp³-hybridized carbons (Fsp3) is 0.364. The van der Waals surface area contributed by atoms with Gasteiger partial charge in [-0.2, -0.15) is 13.9 Å². The van der Waals surface area contributed by atoms with Crippen molar-refractivity contribution < 1.29 is 22.4 Å². The molecule has 0 aliphatic heterocycles. The number of nitrogens with one attached hydrogen (secondary N) is 1. The molecule has 20 heavy (non-hydrogen) atoms. The summed E-state index contributed by atoms with van der Waals surface area (Å²) in [5.41, 5.74) is 0.965. The maximum Gasteiger partial charge on any atom is 0.383 e. The Labute approximate surface area is 110 Å². The van der Waals surface area contributed by atoms with E-state index in [-0.39, 0.29) is 5.69 Å². The van der Waals surface area contributed by atoms with Crippen molar-refractivity contribution in [1.82, 2.24) is 14.8 Å². The number of fused-ring (bicyclic) bond motifs is 1. The summed E-state index contributed by atoms with van der Waals surface area (Å²) in [6.07, 6.45) is -2.97. The van der Waals surface area contributed by atoms with Gasteiger partial charge >= 0.3 is 18.3 Å². The highest BCUT2D eigenvalue weighted by Crippen LogP contribution is 2.25. The number of carbonyl (C=O) groups is 1. The van der Waals surface area contributed by atoms with Gasteiger partial charge in [-0.1, -0.05) is 0 Å². The third-order valence-electron chi connectivity index (χ3n) is 2.70. The summed E-state index contributed by atoms with van der Waals surface area (Å²) in [5, 5.41) is 6.32. The van der Waals surface area contributed by atoms with Gasteiger partial charge in [0.15, 0.2) is 5.65 Å². The molecule has 0 aromatic carbocycles. The summed E-state index contributed by atoms with van der Waals surface area (Å²) >= 11 is 0. The van der Waals surface area contributed by atoms with Gasteiger partial charge in [0.1, 0.15) is 0 Å². The first-order valence-corrected chi connectivity index (χ1v) is 5.50. The SMILES string of the molecule is Cc1nn(C)c2ncc(NC(=O)C(F)(F)C(F)F)cc12. The molecule has 1 amide bonds. The minimum atomic E-state index is -4.75. The monoisotopic (exact) mass is 290 g/mol. The molecule has 0 saturated heterocycles. The zero-order valence-electron chi connectivity index (χ0n) is 10.5. The van der Waals surface area contributed by atoms with Crippen molar-refractivity contribution in [2.45, 2.75) is 19.3 Å². The van der Waals surface area contributed by atoms with Crippen LogP contribution in [-0.2, 0) is 11.8 Å². The number of alkyl halides is 4. The van der Waals surface area contributed by atoms with Crippen LogP contribution >= 0.6 is 0 Å². The molecule has 0 saturated carbocycles. The van der Waals surface area contributed by atoms with Crippen LogP contribution in [0.3, 0.4) is 0 Å². The molecule has 9 heteroatoms. The molecule has 0 bridgehead atoms. The van der Waals surface area contributed by atoms with Gasteiger partial charge in [-0.15, -0.1) is 0 Å². The molecule has 1 N–H and O–H groups in total. The van der Waals surface area contributed by atoms with E-state index in [0.29, 0.717) is 16.7 Å². The standard InChI is InChI=1S/C11H10F4N4O/c1-5-7-3-6(4-16-8(7)19(2)18-5)17-10(20)11(14,15)9(12)13/h3-4,9H,1-2H3,(H,17,20). The molecule has 2 heterocycles. The van der Waals surface area contributed by atoms with E-state index in [9.17, 15) is 22.4 Å². The molecule has 0 radical (unpaired) electrons. The lowest BCUT2D eigenvalue weighted by Gasteiger charge is -2.14. The molecule has 0 fully saturated rings. The van der Waals surface area contributed by atoms with Crippen molar-refractivity contribution in [2.75, 3.05) is 5.32 Å². The highest BCUT2D eigenvalue weighted by Gasteiger charge is 2.49. The number of amides is 1. The first-order chi connectivity index (χ1) is 9.23. The first-order valence-electron chi connectivity index (χ1n) is 5.50. The molecule has 108 valence electrons. The van der Waals surface area contributed by atoms with Crippen LogP contribution in [0, 0.1) is 6.92 Å². The van der Waals surface area contributed by atoms with Gasteiger partial charge in [0, 0.05) is 12.4 Å². The number of aryl methyl sites for hydroxylation is 2. The molecular weight excluding hydrogens is 280 g/mol. The topological polar surface area (TPSA) is 59.8 Å². The molecule has 2 aromatic heterocycles. The van der Waals surface area contributed by atoms with Crippen molar-refractivity contribution >= 4 is 22.6 Å². The molecule has 0 unspecified atom stereocenters. The summed E-state index contributed by atoms with van der Waals surface area (Å²) in [6.45, 7) is 1.67. The van der Waals surface area contributed by atoms with Crippen LogP contribution in [0.25, 0.3) is 11.0 Å². The van der Waals surface area contributed by atoms with Gasteiger partial charge in [-0.3, -0.25) is 9.48 Å². The maximum absolute atomic E-state index is 12.8. The van der Waals surface area contributed by atoms with E-state index < -0.39 is 18.3 Å². The Balaban J connectivity index is 2.31. The van der Waals surface area contributed by atoms with Crippen LogP contribution in [0.15, 0.2) is 12.3 Å². The summed E-state index contributed by atoms with van der Waals surface area (Å²) < 4.78 is 51.2. The van der Waals surface area contributed by atoms with Crippen molar-refractivity contribution in [3.63, 3.8) is 0 Å². The molecule has 0 spiro atoms. The number of anilines is 1. The predicted octanol–water partition coefficient (Wildman–Crippen LogP) is 2.12. The Kier molecular flexibility index (Phi) is 3.36. The summed E-state index contributed by atoms with van der Waals surface area (Å²) in [5.74, 6) is -6.82. The Bertz CT molecular complexity index is 668. The smallest absolute Gasteiger partial charge is 0.319 e. The number of nitrogens with zero attached hydrogens (tertiary/aromatic N) is 3. The van der Waals surface area contributed by atoms with Crippen molar-refractivity contribution in [3.05, 3.63) is 18.0 Å². The van der Waals surface area contributed by atoms with E-state index in [4.69, 9.17) is 0 Å². The van der Waals surface area contributed by atoms with E-state index in [2.05, 4.69) is 10.1 Å². The van der Waals surface area contributed by atoms with E-state index in [1.54, 1.807) is 19.3 Å². The molecule has 0 aliphatic rings. The fourth-order valence-corrected chi connectivity index (χ4v) is 1.69. The molecule has 0 atom stereocenters. The Morgan fingerprint density at radius 1 is 1.45 bits per heavy atom. The lowest BCUT2D eigenvalue weighted by atomic mass is 10.2. The average molecular weight is 290 g/mol. The molecule has 2 aromatic rings. The minimum absolute atomic E-state index is 0.0982. The van der Waals surface area contributed by atoms with Gasteiger partial charge in [-0.05, 0) is 13.0 Å². The minimum Gasteiger partial charge on any atom is -0.319 e. The number of carbonyl (C=O) groups excluding carboxylic acids is 1. The largest absolute Gasteiger partial charge is 0.383 e. The maximum atomic E-state index is 12.8. The number of aromatic nitrogens is 3. The van der Waals surface area contributed by atoms with Crippen LogP contribution in [-0.4, -0.2) is 33.0 Å². The Morgan fingerprint density at radius 3 is 2.70 bits per heavy atom. The number of rotatable bonds is 3. The van der Waals surface area contributed by atoms with E-state index >= 15 is 0 Å². The number of hydrogen-bond donors (Lipinski definition) is 1. The molecular formula is C11H10F4N4O. The van der Waals surface area contributed by atoms with Crippen molar-refractivity contribution in [3.8, 4) is 0 Å². The van der Waals surface area contributed by atoms with Gasteiger partial charge in [0.25, 0.3) is 0 Å². The third kappa shape index (κ3) is 2.30. The third-order valence-corrected chi connectivity index (χ3v) is 2.70. The lowest BCUT2D eigenvalue weighted by Crippen LogP contribution is -2.41. The molecule has 5 nitrogen and oxygen atoms in total. The van der Waals surface area contributed by atoms with Gasteiger partial charge in [0.05, 0.1) is 17.6 Å². The summed E-state index contributed by atoms with van der Waals surface area (Å²) in [7, 11) is 1.64. The van der Waals surface area contributed by atoms with Gasteiger partial charge < -0.3 is 5.32 Å². The number of pyridine rings is 1. The summed E-state index contributed by atoms with van der Waals surface area (Å²) in [4.78, 5) is 15.0. The van der Waals surface area contributed by atoms with Gasteiger partial charge in [0.2, 0.25) is 0 Å². The zero-order valence-corrected chi connectivity index (χ0v) is 10.5. The van der Waals surface area contributed by atoms with Crippen LogP contribution in [0.4, 0.5) is 23.2 Å². The van der Waals surface area contributed by atoms with E-state index in [1.165, 1.54) is 10.7 Å². The first kappa shape index (κ1) is 14.2. The Morgan fingerprint density at radius 2 is 2.10 bits per heavy atom. The highest BCUT2D eigenvalue weighted by atomic mass is 19.3. The summed E-state index contributed by atoms with van der Waals surface area (Å²) in [6, 6.07) is 1.35. The van der Waals surface area contributed by atoms with Crippen LogP contribution < -0.4 is 5.32 Å². The molecule has 2 rings (SSSR count).